The molecule has 0 radical (unpaired) electrons. The van der Waals surface area contributed by atoms with Crippen LogP contribution in [0.1, 0.15) is 18.4 Å². The van der Waals surface area contributed by atoms with Crippen LogP contribution >= 0.6 is 24.0 Å². The quantitative estimate of drug-likeness (QED) is 0.370. The summed E-state index contributed by atoms with van der Waals surface area (Å²) in [5.41, 5.74) is 2.17. The zero-order chi connectivity index (χ0) is 19.3. The van der Waals surface area contributed by atoms with Gasteiger partial charge in [-0.2, -0.15) is 0 Å². The fourth-order valence-corrected chi connectivity index (χ4v) is 3.98. The van der Waals surface area contributed by atoms with E-state index in [2.05, 4.69) is 31.2 Å². The number of amides is 1. The second-order valence-electron chi connectivity index (χ2n) is 7.25. The van der Waals surface area contributed by atoms with Crippen molar-refractivity contribution in [3.8, 4) is 0 Å². The number of carbonyl (C=O) groups is 1. The number of fused-ring (bicyclic) bond motifs is 1. The molecule has 29 heavy (non-hydrogen) atoms. The van der Waals surface area contributed by atoms with E-state index in [1.54, 1.807) is 6.20 Å². The molecular formula is C20H29IN6O2. The smallest absolute Gasteiger partial charge is 0.251 e. The Morgan fingerprint density at radius 2 is 2.14 bits per heavy atom. The maximum atomic E-state index is 12.5. The number of piperazine rings is 1. The summed E-state index contributed by atoms with van der Waals surface area (Å²) in [6, 6.07) is 4.05. The van der Waals surface area contributed by atoms with Gasteiger partial charge in [-0.1, -0.05) is 0 Å². The average Bonchev–Trinajstić information content (AvgIpc) is 3.41. The van der Waals surface area contributed by atoms with E-state index >= 15 is 0 Å². The summed E-state index contributed by atoms with van der Waals surface area (Å²) in [5.74, 6) is 1.04. The summed E-state index contributed by atoms with van der Waals surface area (Å²) in [7, 11) is 1.81. The van der Waals surface area contributed by atoms with Gasteiger partial charge in [0.05, 0.1) is 0 Å². The number of carbonyl (C=O) groups excluding carboxylic acids is 1. The minimum atomic E-state index is -0.227. The number of rotatable bonds is 4. The van der Waals surface area contributed by atoms with E-state index in [4.69, 9.17) is 4.74 Å². The minimum Gasteiger partial charge on any atom is -0.368 e. The predicted octanol–water partition coefficient (Wildman–Crippen LogP) is 1.62. The molecule has 0 saturated carbocycles. The lowest BCUT2D eigenvalue weighted by atomic mass is 10.1. The number of guanidine groups is 1. The topological polar surface area (TPSA) is 85.9 Å². The molecule has 0 bridgehead atoms. The van der Waals surface area contributed by atoms with Crippen LogP contribution in [0.25, 0.3) is 11.0 Å². The number of hydrogen-bond donors (Lipinski definition) is 2. The van der Waals surface area contributed by atoms with Crippen molar-refractivity contribution in [2.75, 3.05) is 46.4 Å². The fourth-order valence-electron chi connectivity index (χ4n) is 3.98. The summed E-state index contributed by atoms with van der Waals surface area (Å²) in [6.07, 6.45) is 6.33. The molecule has 158 valence electrons. The van der Waals surface area contributed by atoms with Crippen LogP contribution in [0.2, 0.25) is 0 Å². The number of H-pyrrole nitrogens is 1. The number of halogens is 1. The molecule has 2 aliphatic rings. The third-order valence-corrected chi connectivity index (χ3v) is 5.52. The molecule has 0 aliphatic carbocycles. The van der Waals surface area contributed by atoms with Crippen LogP contribution < -0.4 is 5.32 Å². The molecule has 2 saturated heterocycles. The van der Waals surface area contributed by atoms with Crippen LogP contribution in [-0.2, 0) is 16.0 Å². The summed E-state index contributed by atoms with van der Waals surface area (Å²) < 4.78 is 5.53. The summed E-state index contributed by atoms with van der Waals surface area (Å²) in [6.45, 7) is 4.51. The molecule has 4 rings (SSSR count). The molecule has 2 aromatic heterocycles. The van der Waals surface area contributed by atoms with Crippen LogP contribution in [0.4, 0.5) is 0 Å². The maximum Gasteiger partial charge on any atom is 0.251 e. The van der Waals surface area contributed by atoms with Crippen molar-refractivity contribution in [1.29, 1.82) is 0 Å². The fraction of sp³-hybridized carbons (Fsp3) is 0.550. The molecule has 2 fully saturated rings. The molecule has 4 heterocycles. The summed E-state index contributed by atoms with van der Waals surface area (Å²) in [5, 5.41) is 4.62. The van der Waals surface area contributed by atoms with Crippen LogP contribution in [0.5, 0.6) is 0 Å². The van der Waals surface area contributed by atoms with E-state index in [1.807, 2.05) is 24.2 Å². The Balaban J connectivity index is 0.00000240. The van der Waals surface area contributed by atoms with Gasteiger partial charge < -0.3 is 24.8 Å². The van der Waals surface area contributed by atoms with Gasteiger partial charge in [0.15, 0.2) is 5.96 Å². The minimum absolute atomic E-state index is 0. The molecule has 2 aliphatic heterocycles. The zero-order valence-corrected chi connectivity index (χ0v) is 19.1. The first-order chi connectivity index (χ1) is 13.8. The first-order valence-electron chi connectivity index (χ1n) is 10.0. The number of aliphatic imine (C=N–C) groups is 1. The van der Waals surface area contributed by atoms with Crippen LogP contribution in [0.15, 0.2) is 29.5 Å². The van der Waals surface area contributed by atoms with Crippen molar-refractivity contribution >= 4 is 46.9 Å². The van der Waals surface area contributed by atoms with Gasteiger partial charge in [-0.25, -0.2) is 4.98 Å². The maximum absolute atomic E-state index is 12.5. The van der Waals surface area contributed by atoms with E-state index in [0.29, 0.717) is 19.7 Å². The summed E-state index contributed by atoms with van der Waals surface area (Å²) in [4.78, 5) is 28.6. The van der Waals surface area contributed by atoms with Crippen molar-refractivity contribution in [3.05, 3.63) is 30.1 Å². The largest absolute Gasteiger partial charge is 0.368 e. The average molecular weight is 512 g/mol. The molecule has 8 nitrogen and oxygen atoms in total. The predicted molar refractivity (Wildman–Crippen MR) is 124 cm³/mol. The number of pyridine rings is 1. The SMILES string of the molecule is CN=C(NCCc1c[nH]c2ncccc12)N1CCN(C(=O)C2CCCO2)CC1.I. The van der Waals surface area contributed by atoms with E-state index in [0.717, 1.165) is 50.5 Å². The molecular weight excluding hydrogens is 483 g/mol. The first-order valence-corrected chi connectivity index (χ1v) is 10.0. The van der Waals surface area contributed by atoms with E-state index in [-0.39, 0.29) is 36.0 Å². The number of aromatic amines is 1. The normalized spacial score (nSPS) is 20.0. The third-order valence-electron chi connectivity index (χ3n) is 5.52. The number of nitrogens with one attached hydrogen (secondary N) is 2. The van der Waals surface area contributed by atoms with Crippen molar-refractivity contribution in [1.82, 2.24) is 25.1 Å². The molecule has 1 unspecified atom stereocenters. The highest BCUT2D eigenvalue weighted by molar-refractivity contribution is 14.0. The monoisotopic (exact) mass is 512 g/mol. The number of ether oxygens (including phenoxy) is 1. The van der Waals surface area contributed by atoms with Gasteiger partial charge in [0.1, 0.15) is 11.8 Å². The van der Waals surface area contributed by atoms with Crippen LogP contribution in [-0.4, -0.2) is 84.1 Å². The van der Waals surface area contributed by atoms with Crippen molar-refractivity contribution in [2.45, 2.75) is 25.4 Å². The van der Waals surface area contributed by atoms with Gasteiger partial charge >= 0.3 is 0 Å². The molecule has 0 aromatic carbocycles. The lowest BCUT2D eigenvalue weighted by molar-refractivity contribution is -0.142. The van der Waals surface area contributed by atoms with Gasteiger partial charge in [-0.3, -0.25) is 9.79 Å². The highest BCUT2D eigenvalue weighted by Gasteiger charge is 2.30. The van der Waals surface area contributed by atoms with E-state index < -0.39 is 0 Å². The summed E-state index contributed by atoms with van der Waals surface area (Å²) >= 11 is 0. The molecule has 0 spiro atoms. The van der Waals surface area contributed by atoms with Gasteiger partial charge in [-0.15, -0.1) is 24.0 Å². The third kappa shape index (κ3) is 5.00. The Morgan fingerprint density at radius 1 is 1.34 bits per heavy atom. The molecule has 1 atom stereocenters. The van der Waals surface area contributed by atoms with E-state index in [1.165, 1.54) is 10.9 Å². The highest BCUT2D eigenvalue weighted by atomic mass is 127. The van der Waals surface area contributed by atoms with Crippen molar-refractivity contribution in [3.63, 3.8) is 0 Å². The zero-order valence-electron chi connectivity index (χ0n) is 16.8. The Labute approximate surface area is 188 Å². The molecule has 2 N–H and O–H groups in total. The standard InChI is InChI=1S/C20H28N6O2.HI/c1-21-20(23-8-6-15-14-24-18-16(15)4-2-7-22-18)26-11-9-25(10-12-26)19(27)17-5-3-13-28-17;/h2,4,7,14,17H,3,5-6,8-13H2,1H3,(H,21,23)(H,22,24);1H. The van der Waals surface area contributed by atoms with Gasteiger partial charge in [0, 0.05) is 64.2 Å². The van der Waals surface area contributed by atoms with Crippen LogP contribution in [0.3, 0.4) is 0 Å². The van der Waals surface area contributed by atoms with Gasteiger partial charge in [-0.05, 0) is 37.0 Å². The van der Waals surface area contributed by atoms with E-state index in [9.17, 15) is 4.79 Å². The second kappa shape index (κ2) is 10.2. The Hall–Kier alpha value is -1.88. The lowest BCUT2D eigenvalue weighted by Gasteiger charge is -2.37. The number of nitrogens with zero attached hydrogens (tertiary/aromatic N) is 4. The lowest BCUT2D eigenvalue weighted by Crippen LogP contribution is -2.55. The molecule has 9 heteroatoms. The Kier molecular flexibility index (Phi) is 7.70. The Bertz CT molecular complexity index is 840. The molecule has 2 aromatic rings. The highest BCUT2D eigenvalue weighted by Crippen LogP contribution is 2.17. The molecule has 1 amide bonds. The van der Waals surface area contributed by atoms with Crippen LogP contribution in [0, 0.1) is 0 Å². The van der Waals surface area contributed by atoms with Crippen molar-refractivity contribution in [2.24, 2.45) is 4.99 Å². The van der Waals surface area contributed by atoms with Gasteiger partial charge in [0.25, 0.3) is 5.91 Å². The first kappa shape index (κ1) is 21.8. The Morgan fingerprint density at radius 3 is 2.86 bits per heavy atom. The van der Waals surface area contributed by atoms with Crippen molar-refractivity contribution < 1.29 is 9.53 Å². The van der Waals surface area contributed by atoms with Gasteiger partial charge in [0.2, 0.25) is 0 Å². The number of hydrogen-bond acceptors (Lipinski definition) is 4. The number of aromatic nitrogens is 2. The second-order valence-corrected chi connectivity index (χ2v) is 7.25.